The smallest absolute Gasteiger partial charge is 0.119 e. The van der Waals surface area contributed by atoms with Crippen molar-refractivity contribution in [2.45, 2.75) is 59.0 Å². The molecule has 0 heterocycles. The van der Waals surface area contributed by atoms with Crippen molar-refractivity contribution in [3.05, 3.63) is 29.8 Å². The number of rotatable bonds is 7. The van der Waals surface area contributed by atoms with Crippen LogP contribution in [0.5, 0.6) is 5.75 Å². The minimum Gasteiger partial charge on any atom is -0.491 e. The summed E-state index contributed by atoms with van der Waals surface area (Å²) >= 11 is 0. The molecule has 1 unspecified atom stereocenters. The molecule has 0 aliphatic heterocycles. The summed E-state index contributed by atoms with van der Waals surface area (Å²) in [4.78, 5) is 0. The SMILES string of the molecule is CCCCC(C)Oc1ccc(CCC)cc1. The molecule has 1 atom stereocenters. The van der Waals surface area contributed by atoms with Crippen molar-refractivity contribution in [3.8, 4) is 5.75 Å². The van der Waals surface area contributed by atoms with Gasteiger partial charge in [0.05, 0.1) is 6.10 Å². The summed E-state index contributed by atoms with van der Waals surface area (Å²) in [6, 6.07) is 8.53. The number of hydrogen-bond donors (Lipinski definition) is 0. The zero-order chi connectivity index (χ0) is 11.8. The van der Waals surface area contributed by atoms with Crippen LogP contribution in [0.3, 0.4) is 0 Å². The highest BCUT2D eigenvalue weighted by molar-refractivity contribution is 5.27. The van der Waals surface area contributed by atoms with Gasteiger partial charge in [0.2, 0.25) is 0 Å². The topological polar surface area (TPSA) is 9.23 Å². The van der Waals surface area contributed by atoms with Crippen LogP contribution in [0.15, 0.2) is 24.3 Å². The molecule has 0 saturated carbocycles. The summed E-state index contributed by atoms with van der Waals surface area (Å²) < 4.78 is 5.85. The van der Waals surface area contributed by atoms with Gasteiger partial charge in [-0.15, -0.1) is 0 Å². The van der Waals surface area contributed by atoms with Crippen molar-refractivity contribution in [2.75, 3.05) is 0 Å². The number of aryl methyl sites for hydroxylation is 1. The zero-order valence-corrected chi connectivity index (χ0v) is 10.8. The summed E-state index contributed by atoms with van der Waals surface area (Å²) in [6.07, 6.45) is 6.32. The summed E-state index contributed by atoms with van der Waals surface area (Å²) in [5, 5.41) is 0. The molecule has 0 radical (unpaired) electrons. The molecular formula is C15H24O. The average Bonchev–Trinajstić information content (AvgIpc) is 2.29. The van der Waals surface area contributed by atoms with Gasteiger partial charge in [-0.3, -0.25) is 0 Å². The lowest BCUT2D eigenvalue weighted by Crippen LogP contribution is -2.11. The molecule has 0 saturated heterocycles. The number of unbranched alkanes of at least 4 members (excludes halogenated alkanes) is 1. The normalized spacial score (nSPS) is 12.4. The summed E-state index contributed by atoms with van der Waals surface area (Å²) in [7, 11) is 0. The Balaban J connectivity index is 2.41. The monoisotopic (exact) mass is 220 g/mol. The van der Waals surface area contributed by atoms with E-state index in [0.717, 1.165) is 18.6 Å². The molecule has 0 aromatic heterocycles. The number of hydrogen-bond acceptors (Lipinski definition) is 1. The average molecular weight is 220 g/mol. The largest absolute Gasteiger partial charge is 0.491 e. The maximum atomic E-state index is 5.85. The Morgan fingerprint density at radius 2 is 1.75 bits per heavy atom. The Kier molecular flexibility index (Phi) is 5.99. The van der Waals surface area contributed by atoms with E-state index >= 15 is 0 Å². The minimum atomic E-state index is 0.331. The van der Waals surface area contributed by atoms with Crippen molar-refractivity contribution >= 4 is 0 Å². The molecule has 1 aromatic rings. The first kappa shape index (κ1) is 13.1. The van der Waals surface area contributed by atoms with Gasteiger partial charge in [0.15, 0.2) is 0 Å². The van der Waals surface area contributed by atoms with Gasteiger partial charge in [0, 0.05) is 0 Å². The van der Waals surface area contributed by atoms with E-state index in [-0.39, 0.29) is 0 Å². The molecule has 1 rings (SSSR count). The second-order valence-electron chi connectivity index (χ2n) is 4.46. The molecule has 16 heavy (non-hydrogen) atoms. The molecule has 0 amide bonds. The van der Waals surface area contributed by atoms with Crippen LogP contribution in [0.4, 0.5) is 0 Å². The third-order valence-corrected chi connectivity index (χ3v) is 2.76. The van der Waals surface area contributed by atoms with Crippen molar-refractivity contribution < 1.29 is 4.74 Å². The lowest BCUT2D eigenvalue weighted by Gasteiger charge is -2.14. The lowest BCUT2D eigenvalue weighted by atomic mass is 10.1. The maximum absolute atomic E-state index is 5.85. The summed E-state index contributed by atoms with van der Waals surface area (Å²) in [5.41, 5.74) is 1.40. The Hall–Kier alpha value is -0.980. The lowest BCUT2D eigenvalue weighted by molar-refractivity contribution is 0.207. The minimum absolute atomic E-state index is 0.331. The molecular weight excluding hydrogens is 196 g/mol. The van der Waals surface area contributed by atoms with Gasteiger partial charge < -0.3 is 4.74 Å². The molecule has 1 heteroatoms. The van der Waals surface area contributed by atoms with Crippen LogP contribution in [0.1, 0.15) is 52.0 Å². The van der Waals surface area contributed by atoms with Crippen LogP contribution in [0.25, 0.3) is 0 Å². The third-order valence-electron chi connectivity index (χ3n) is 2.76. The zero-order valence-electron chi connectivity index (χ0n) is 10.8. The fourth-order valence-corrected chi connectivity index (χ4v) is 1.81. The molecule has 0 aliphatic rings. The van der Waals surface area contributed by atoms with Gasteiger partial charge >= 0.3 is 0 Å². The van der Waals surface area contributed by atoms with Gasteiger partial charge in [0.1, 0.15) is 5.75 Å². The molecule has 1 aromatic carbocycles. The highest BCUT2D eigenvalue weighted by Crippen LogP contribution is 2.16. The molecule has 0 N–H and O–H groups in total. The van der Waals surface area contributed by atoms with E-state index in [2.05, 4.69) is 45.0 Å². The number of ether oxygens (including phenoxy) is 1. The summed E-state index contributed by atoms with van der Waals surface area (Å²) in [5.74, 6) is 1.00. The molecule has 0 bridgehead atoms. The predicted molar refractivity (Wildman–Crippen MR) is 70.1 cm³/mol. The maximum Gasteiger partial charge on any atom is 0.119 e. The van der Waals surface area contributed by atoms with Crippen LogP contribution in [0.2, 0.25) is 0 Å². The van der Waals surface area contributed by atoms with Crippen molar-refractivity contribution in [1.82, 2.24) is 0 Å². The highest BCUT2D eigenvalue weighted by Gasteiger charge is 2.03. The van der Waals surface area contributed by atoms with Crippen LogP contribution >= 0.6 is 0 Å². The van der Waals surface area contributed by atoms with Crippen molar-refractivity contribution in [3.63, 3.8) is 0 Å². The Bertz CT molecular complexity index is 276. The van der Waals surface area contributed by atoms with E-state index in [1.54, 1.807) is 0 Å². The number of benzene rings is 1. The van der Waals surface area contributed by atoms with Crippen LogP contribution in [-0.2, 0) is 6.42 Å². The third kappa shape index (κ3) is 4.69. The fraction of sp³-hybridized carbons (Fsp3) is 0.600. The predicted octanol–water partition coefficient (Wildman–Crippen LogP) is 4.60. The molecule has 0 fully saturated rings. The Labute approximate surface area is 99.8 Å². The Morgan fingerprint density at radius 1 is 1.06 bits per heavy atom. The van der Waals surface area contributed by atoms with Crippen LogP contribution < -0.4 is 4.74 Å². The van der Waals surface area contributed by atoms with Gasteiger partial charge in [-0.25, -0.2) is 0 Å². The second-order valence-corrected chi connectivity index (χ2v) is 4.46. The van der Waals surface area contributed by atoms with E-state index < -0.39 is 0 Å². The van der Waals surface area contributed by atoms with E-state index in [1.807, 2.05) is 0 Å². The van der Waals surface area contributed by atoms with E-state index in [4.69, 9.17) is 4.74 Å². The first-order valence-electron chi connectivity index (χ1n) is 6.51. The highest BCUT2D eigenvalue weighted by atomic mass is 16.5. The quantitative estimate of drug-likeness (QED) is 0.652. The van der Waals surface area contributed by atoms with E-state index in [0.29, 0.717) is 6.10 Å². The first-order valence-corrected chi connectivity index (χ1v) is 6.51. The van der Waals surface area contributed by atoms with Crippen LogP contribution in [-0.4, -0.2) is 6.10 Å². The fourth-order valence-electron chi connectivity index (χ4n) is 1.81. The molecule has 0 spiro atoms. The van der Waals surface area contributed by atoms with E-state index in [9.17, 15) is 0 Å². The molecule has 0 aliphatic carbocycles. The van der Waals surface area contributed by atoms with Crippen molar-refractivity contribution in [2.24, 2.45) is 0 Å². The van der Waals surface area contributed by atoms with Gasteiger partial charge in [-0.1, -0.05) is 45.2 Å². The molecule has 90 valence electrons. The van der Waals surface area contributed by atoms with Crippen LogP contribution in [0, 0.1) is 0 Å². The first-order chi connectivity index (χ1) is 7.76. The second kappa shape index (κ2) is 7.32. The van der Waals surface area contributed by atoms with Crippen molar-refractivity contribution in [1.29, 1.82) is 0 Å². The van der Waals surface area contributed by atoms with Gasteiger partial charge in [0.25, 0.3) is 0 Å². The standard InChI is InChI=1S/C15H24O/c1-4-6-8-13(3)16-15-11-9-14(7-5-2)10-12-15/h9-13H,4-8H2,1-3H3. The van der Waals surface area contributed by atoms with E-state index in [1.165, 1.54) is 24.8 Å². The summed E-state index contributed by atoms with van der Waals surface area (Å²) in [6.45, 7) is 6.57. The molecule has 1 nitrogen and oxygen atoms in total. The van der Waals surface area contributed by atoms with Gasteiger partial charge in [-0.05, 0) is 37.5 Å². The van der Waals surface area contributed by atoms with Gasteiger partial charge in [-0.2, -0.15) is 0 Å². The Morgan fingerprint density at radius 3 is 2.31 bits per heavy atom.